The molecule has 1 heterocycles. The predicted molar refractivity (Wildman–Crippen MR) is 70.9 cm³/mol. The van der Waals surface area contributed by atoms with E-state index in [0.29, 0.717) is 0 Å². The number of hydrogen-bond donors (Lipinski definition) is 1. The number of nitrogens with two attached hydrogens (primary N) is 1. The predicted octanol–water partition coefficient (Wildman–Crippen LogP) is 0.836. The summed E-state index contributed by atoms with van der Waals surface area (Å²) < 4.78 is 42.1. The molecule has 21 heavy (non-hydrogen) atoms. The SMILES string of the molecule is CCOC(=O)c1cnn(-c2ccc(S(N)(=O)=O)cc2F)c1. The van der Waals surface area contributed by atoms with Crippen LogP contribution in [0.1, 0.15) is 17.3 Å². The first-order valence-electron chi connectivity index (χ1n) is 5.87. The van der Waals surface area contributed by atoms with Crippen molar-refractivity contribution in [2.45, 2.75) is 11.8 Å². The third-order valence-electron chi connectivity index (χ3n) is 2.59. The fraction of sp³-hybridized carbons (Fsp3) is 0.167. The Kier molecular flexibility index (Phi) is 4.05. The molecule has 0 aliphatic heterocycles. The number of rotatable bonds is 4. The molecule has 0 amide bonds. The first-order chi connectivity index (χ1) is 9.82. The lowest BCUT2D eigenvalue weighted by Crippen LogP contribution is -2.13. The molecule has 2 aromatic rings. The first kappa shape index (κ1) is 15.1. The fourth-order valence-corrected chi connectivity index (χ4v) is 2.15. The molecule has 7 nitrogen and oxygen atoms in total. The maximum atomic E-state index is 13.9. The standard InChI is InChI=1S/C12H12FN3O4S/c1-2-20-12(17)8-6-15-16(7-8)11-4-3-9(5-10(11)13)21(14,18)19/h3-7H,2H2,1H3,(H2,14,18,19). The average molecular weight is 313 g/mol. The van der Waals surface area contributed by atoms with Gasteiger partial charge in [-0.1, -0.05) is 0 Å². The van der Waals surface area contributed by atoms with Gasteiger partial charge in [0.25, 0.3) is 0 Å². The summed E-state index contributed by atoms with van der Waals surface area (Å²) in [5, 5.41) is 8.75. The Balaban J connectivity index is 2.37. The Labute approximate surface area is 120 Å². The van der Waals surface area contributed by atoms with Crippen molar-refractivity contribution >= 4 is 16.0 Å². The number of aromatic nitrogens is 2. The third-order valence-corrected chi connectivity index (χ3v) is 3.50. The molecule has 2 rings (SSSR count). The van der Waals surface area contributed by atoms with E-state index in [2.05, 4.69) is 5.10 Å². The van der Waals surface area contributed by atoms with Gasteiger partial charge in [0.1, 0.15) is 11.5 Å². The van der Waals surface area contributed by atoms with Gasteiger partial charge in [0.05, 0.1) is 23.3 Å². The summed E-state index contributed by atoms with van der Waals surface area (Å²) >= 11 is 0. The van der Waals surface area contributed by atoms with Crippen molar-refractivity contribution in [3.8, 4) is 5.69 Å². The van der Waals surface area contributed by atoms with Crippen molar-refractivity contribution in [3.63, 3.8) is 0 Å². The zero-order valence-corrected chi connectivity index (χ0v) is 11.8. The largest absolute Gasteiger partial charge is 0.462 e. The van der Waals surface area contributed by atoms with E-state index in [0.717, 1.165) is 16.8 Å². The molecule has 9 heteroatoms. The highest BCUT2D eigenvalue weighted by molar-refractivity contribution is 7.89. The van der Waals surface area contributed by atoms with Crippen LogP contribution < -0.4 is 5.14 Å². The van der Waals surface area contributed by atoms with Gasteiger partial charge in [0.2, 0.25) is 10.0 Å². The van der Waals surface area contributed by atoms with Crippen molar-refractivity contribution in [2.75, 3.05) is 6.61 Å². The van der Waals surface area contributed by atoms with Crippen LogP contribution >= 0.6 is 0 Å². The van der Waals surface area contributed by atoms with Crippen LogP contribution in [0.5, 0.6) is 0 Å². The number of hydrogen-bond acceptors (Lipinski definition) is 5. The highest BCUT2D eigenvalue weighted by Gasteiger charge is 2.15. The van der Waals surface area contributed by atoms with Crippen molar-refractivity contribution in [3.05, 3.63) is 42.0 Å². The van der Waals surface area contributed by atoms with Crippen molar-refractivity contribution in [2.24, 2.45) is 5.14 Å². The lowest BCUT2D eigenvalue weighted by molar-refractivity contribution is 0.0526. The summed E-state index contributed by atoms with van der Waals surface area (Å²) in [5.74, 6) is -1.41. The van der Waals surface area contributed by atoms with Crippen LogP contribution in [0.4, 0.5) is 4.39 Å². The molecular weight excluding hydrogens is 301 g/mol. The summed E-state index contributed by atoms with van der Waals surface area (Å²) in [5.41, 5.74) is 0.143. The highest BCUT2D eigenvalue weighted by atomic mass is 32.2. The second kappa shape index (κ2) is 5.62. The Bertz CT molecular complexity index is 786. The second-order valence-corrected chi connectivity index (χ2v) is 5.61. The minimum Gasteiger partial charge on any atom is -0.462 e. The maximum absolute atomic E-state index is 13.9. The average Bonchev–Trinajstić information content (AvgIpc) is 2.87. The van der Waals surface area contributed by atoms with E-state index in [1.165, 1.54) is 18.5 Å². The Morgan fingerprint density at radius 3 is 2.76 bits per heavy atom. The van der Waals surface area contributed by atoms with Crippen LogP contribution in [0.3, 0.4) is 0 Å². The molecule has 0 atom stereocenters. The smallest absolute Gasteiger partial charge is 0.341 e. The molecule has 0 spiro atoms. The quantitative estimate of drug-likeness (QED) is 0.842. The zero-order valence-electron chi connectivity index (χ0n) is 11.0. The van der Waals surface area contributed by atoms with Crippen LogP contribution in [0.2, 0.25) is 0 Å². The molecule has 1 aromatic heterocycles. The zero-order chi connectivity index (χ0) is 15.6. The van der Waals surface area contributed by atoms with E-state index in [1.807, 2.05) is 0 Å². The molecule has 0 saturated heterocycles. The monoisotopic (exact) mass is 313 g/mol. The number of ether oxygens (including phenoxy) is 1. The molecule has 0 saturated carbocycles. The van der Waals surface area contributed by atoms with E-state index in [9.17, 15) is 17.6 Å². The molecule has 0 unspecified atom stereocenters. The summed E-state index contributed by atoms with van der Waals surface area (Å²) in [6.45, 7) is 1.87. The molecule has 0 radical (unpaired) electrons. The molecule has 0 fully saturated rings. The Hall–Kier alpha value is -2.26. The van der Waals surface area contributed by atoms with Crippen LogP contribution in [0.15, 0.2) is 35.5 Å². The molecule has 0 aliphatic rings. The number of primary sulfonamides is 1. The third kappa shape index (κ3) is 3.26. The van der Waals surface area contributed by atoms with Gasteiger partial charge in [0, 0.05) is 6.20 Å². The number of carbonyl (C=O) groups is 1. The highest BCUT2D eigenvalue weighted by Crippen LogP contribution is 2.17. The van der Waals surface area contributed by atoms with Gasteiger partial charge in [0.15, 0.2) is 0 Å². The van der Waals surface area contributed by atoms with Crippen LogP contribution in [-0.4, -0.2) is 30.8 Å². The topological polar surface area (TPSA) is 104 Å². The van der Waals surface area contributed by atoms with E-state index in [1.54, 1.807) is 6.92 Å². The van der Waals surface area contributed by atoms with E-state index < -0.39 is 21.8 Å². The van der Waals surface area contributed by atoms with Gasteiger partial charge in [-0.15, -0.1) is 0 Å². The minimum absolute atomic E-state index is 0.0158. The van der Waals surface area contributed by atoms with Crippen molar-refractivity contribution in [1.82, 2.24) is 9.78 Å². The normalized spacial score (nSPS) is 11.4. The summed E-state index contributed by atoms with van der Waals surface area (Å²) in [4.78, 5) is 11.1. The van der Waals surface area contributed by atoms with Crippen LogP contribution in [0, 0.1) is 5.82 Å². The number of esters is 1. The second-order valence-electron chi connectivity index (χ2n) is 4.05. The lowest BCUT2D eigenvalue weighted by atomic mass is 10.3. The first-order valence-corrected chi connectivity index (χ1v) is 7.42. The fourth-order valence-electron chi connectivity index (χ4n) is 1.62. The molecule has 2 N–H and O–H groups in total. The van der Waals surface area contributed by atoms with E-state index in [-0.39, 0.29) is 22.8 Å². The van der Waals surface area contributed by atoms with Crippen molar-refractivity contribution in [1.29, 1.82) is 0 Å². The van der Waals surface area contributed by atoms with Gasteiger partial charge < -0.3 is 4.74 Å². The number of carbonyl (C=O) groups excluding carboxylic acids is 1. The van der Waals surface area contributed by atoms with E-state index >= 15 is 0 Å². The van der Waals surface area contributed by atoms with Gasteiger partial charge in [-0.25, -0.2) is 27.4 Å². The molecule has 0 aliphatic carbocycles. The maximum Gasteiger partial charge on any atom is 0.341 e. The molecule has 112 valence electrons. The lowest BCUT2D eigenvalue weighted by Gasteiger charge is -2.05. The number of sulfonamides is 1. The molecular formula is C12H12FN3O4S. The summed E-state index contributed by atoms with van der Waals surface area (Å²) in [6, 6.07) is 3.15. The van der Waals surface area contributed by atoms with Gasteiger partial charge >= 0.3 is 5.97 Å². The van der Waals surface area contributed by atoms with E-state index in [4.69, 9.17) is 9.88 Å². The van der Waals surface area contributed by atoms with Gasteiger partial charge in [-0.05, 0) is 25.1 Å². The van der Waals surface area contributed by atoms with Crippen molar-refractivity contribution < 1.29 is 22.3 Å². The Morgan fingerprint density at radius 2 is 2.19 bits per heavy atom. The van der Waals surface area contributed by atoms with Gasteiger partial charge in [-0.3, -0.25) is 0 Å². The number of halogens is 1. The molecule has 1 aromatic carbocycles. The van der Waals surface area contributed by atoms with Gasteiger partial charge in [-0.2, -0.15) is 5.10 Å². The van der Waals surface area contributed by atoms with Crippen LogP contribution in [0.25, 0.3) is 5.69 Å². The van der Waals surface area contributed by atoms with Crippen LogP contribution in [-0.2, 0) is 14.8 Å². The number of nitrogens with zero attached hydrogens (tertiary/aromatic N) is 2. The Morgan fingerprint density at radius 1 is 1.48 bits per heavy atom. The summed E-state index contributed by atoms with van der Waals surface area (Å²) in [7, 11) is -3.98. The molecule has 0 bridgehead atoms. The summed E-state index contributed by atoms with van der Waals surface area (Å²) in [6.07, 6.45) is 2.51. The number of benzene rings is 1. The minimum atomic E-state index is -3.98.